The van der Waals surface area contributed by atoms with Crippen molar-refractivity contribution >= 4 is 19.5 Å². The maximum Gasteiger partial charge on any atom is 0.327 e. The standard InChI is InChI=1S/C9H15N4O4P/c1-5-2-6(4-18(15,16)17)13-3-7(8(10)14)12-9(13)11-5/h3,5-6H,2,4H2,1H3,(H2,10,14)(H,11,12)(H2,15,16,17). The van der Waals surface area contributed by atoms with Crippen LogP contribution in [0.25, 0.3) is 0 Å². The van der Waals surface area contributed by atoms with E-state index in [9.17, 15) is 9.36 Å². The van der Waals surface area contributed by atoms with Gasteiger partial charge in [0.1, 0.15) is 5.69 Å². The number of rotatable bonds is 3. The molecule has 0 aromatic carbocycles. The molecule has 0 aliphatic carbocycles. The topological polar surface area (TPSA) is 130 Å². The number of primary amides is 1. The molecular formula is C9H15N4O4P. The highest BCUT2D eigenvalue weighted by Gasteiger charge is 2.31. The van der Waals surface area contributed by atoms with E-state index in [1.807, 2.05) is 6.92 Å². The summed E-state index contributed by atoms with van der Waals surface area (Å²) >= 11 is 0. The zero-order valence-electron chi connectivity index (χ0n) is 9.78. The van der Waals surface area contributed by atoms with Crippen molar-refractivity contribution in [1.82, 2.24) is 9.55 Å². The number of anilines is 1. The van der Waals surface area contributed by atoms with E-state index in [0.29, 0.717) is 12.4 Å². The second kappa shape index (κ2) is 4.38. The average Bonchev–Trinajstić information content (AvgIpc) is 2.58. The highest BCUT2D eigenvalue weighted by atomic mass is 31.2. The van der Waals surface area contributed by atoms with Crippen LogP contribution in [-0.4, -0.2) is 37.4 Å². The first kappa shape index (κ1) is 13.1. The highest BCUT2D eigenvalue weighted by molar-refractivity contribution is 7.51. The van der Waals surface area contributed by atoms with Gasteiger partial charge >= 0.3 is 7.60 Å². The van der Waals surface area contributed by atoms with Crippen LogP contribution >= 0.6 is 7.60 Å². The van der Waals surface area contributed by atoms with Crippen molar-refractivity contribution in [2.24, 2.45) is 5.73 Å². The van der Waals surface area contributed by atoms with Gasteiger partial charge in [-0.05, 0) is 13.3 Å². The Morgan fingerprint density at radius 2 is 2.39 bits per heavy atom. The van der Waals surface area contributed by atoms with Crippen LogP contribution in [0, 0.1) is 0 Å². The molecule has 9 heteroatoms. The number of carbonyl (C=O) groups is 1. The lowest BCUT2D eigenvalue weighted by atomic mass is 10.1. The van der Waals surface area contributed by atoms with Crippen LogP contribution in [0.2, 0.25) is 0 Å². The molecule has 2 rings (SSSR count). The first-order chi connectivity index (χ1) is 8.26. The highest BCUT2D eigenvalue weighted by Crippen LogP contribution is 2.42. The van der Waals surface area contributed by atoms with Crippen LogP contribution in [0.4, 0.5) is 5.95 Å². The maximum absolute atomic E-state index is 11.1. The van der Waals surface area contributed by atoms with Crippen molar-refractivity contribution in [3.05, 3.63) is 11.9 Å². The van der Waals surface area contributed by atoms with E-state index in [0.717, 1.165) is 0 Å². The maximum atomic E-state index is 11.1. The molecule has 0 fully saturated rings. The first-order valence-corrected chi connectivity index (χ1v) is 7.26. The van der Waals surface area contributed by atoms with Crippen LogP contribution in [0.15, 0.2) is 6.20 Å². The normalized spacial score (nSPS) is 23.3. The molecule has 18 heavy (non-hydrogen) atoms. The molecule has 2 unspecified atom stereocenters. The summed E-state index contributed by atoms with van der Waals surface area (Å²) in [5, 5.41) is 3.04. The van der Waals surface area contributed by atoms with Crippen LogP contribution in [0.3, 0.4) is 0 Å². The Morgan fingerprint density at radius 3 is 2.94 bits per heavy atom. The SMILES string of the molecule is CC1CC(CP(=O)(O)O)n2cc(C(N)=O)nc2N1. The van der Waals surface area contributed by atoms with Gasteiger partial charge in [-0.2, -0.15) is 0 Å². The van der Waals surface area contributed by atoms with Gasteiger partial charge < -0.3 is 25.4 Å². The molecule has 1 amide bonds. The molecule has 1 aromatic heterocycles. The summed E-state index contributed by atoms with van der Waals surface area (Å²) in [6.45, 7) is 1.88. The van der Waals surface area contributed by atoms with Gasteiger partial charge in [-0.15, -0.1) is 0 Å². The number of fused-ring (bicyclic) bond motifs is 1. The monoisotopic (exact) mass is 274 g/mol. The fourth-order valence-corrected chi connectivity index (χ4v) is 3.01. The second-order valence-corrected chi connectivity index (χ2v) is 6.20. The van der Waals surface area contributed by atoms with Gasteiger partial charge in [0.25, 0.3) is 5.91 Å². The van der Waals surface area contributed by atoms with Crippen LogP contribution < -0.4 is 11.1 Å². The molecule has 5 N–H and O–H groups in total. The Hall–Kier alpha value is -1.37. The second-order valence-electron chi connectivity index (χ2n) is 4.50. The lowest BCUT2D eigenvalue weighted by Gasteiger charge is -2.30. The van der Waals surface area contributed by atoms with E-state index >= 15 is 0 Å². The van der Waals surface area contributed by atoms with E-state index in [2.05, 4.69) is 10.3 Å². The summed E-state index contributed by atoms with van der Waals surface area (Å²) in [7, 11) is -4.12. The third kappa shape index (κ3) is 2.72. The minimum Gasteiger partial charge on any atom is -0.364 e. The molecule has 1 aromatic rings. The number of carbonyl (C=O) groups excluding carboxylic acids is 1. The molecule has 1 aliphatic heterocycles. The van der Waals surface area contributed by atoms with Crippen molar-refractivity contribution in [3.8, 4) is 0 Å². The zero-order chi connectivity index (χ0) is 13.5. The third-order valence-corrected chi connectivity index (χ3v) is 3.73. The Bertz CT molecular complexity index is 523. The molecule has 1 aliphatic rings. The Morgan fingerprint density at radius 1 is 1.72 bits per heavy atom. The summed E-state index contributed by atoms with van der Waals surface area (Å²) in [5.41, 5.74) is 5.22. The summed E-state index contributed by atoms with van der Waals surface area (Å²) in [6, 6.07) is -0.366. The molecule has 2 heterocycles. The molecule has 0 bridgehead atoms. The van der Waals surface area contributed by atoms with E-state index in [1.54, 1.807) is 4.57 Å². The minimum atomic E-state index is -4.12. The zero-order valence-corrected chi connectivity index (χ0v) is 10.7. The van der Waals surface area contributed by atoms with E-state index in [4.69, 9.17) is 15.5 Å². The number of hydrogen-bond acceptors (Lipinski definition) is 4. The largest absolute Gasteiger partial charge is 0.364 e. The third-order valence-electron chi connectivity index (χ3n) is 2.83. The quantitative estimate of drug-likeness (QED) is 0.569. The lowest BCUT2D eigenvalue weighted by molar-refractivity contribution is 0.0996. The molecule has 0 radical (unpaired) electrons. The number of nitrogens with one attached hydrogen (secondary N) is 1. The minimum absolute atomic E-state index is 0.0252. The molecule has 2 atom stereocenters. The van der Waals surface area contributed by atoms with Gasteiger partial charge in [0.05, 0.1) is 6.16 Å². The Balaban J connectivity index is 2.35. The lowest BCUT2D eigenvalue weighted by Crippen LogP contribution is -2.31. The van der Waals surface area contributed by atoms with Gasteiger partial charge in [0.15, 0.2) is 0 Å². The summed E-state index contributed by atoms with van der Waals surface area (Å²) in [4.78, 5) is 33.2. The molecule has 0 saturated carbocycles. The molecule has 8 nitrogen and oxygen atoms in total. The molecule has 0 saturated heterocycles. The number of amides is 1. The van der Waals surface area contributed by atoms with E-state index < -0.39 is 19.5 Å². The van der Waals surface area contributed by atoms with Gasteiger partial charge in [0.2, 0.25) is 5.95 Å². The molecule has 0 spiro atoms. The van der Waals surface area contributed by atoms with Gasteiger partial charge in [-0.3, -0.25) is 9.36 Å². The van der Waals surface area contributed by atoms with Crippen molar-refractivity contribution in [1.29, 1.82) is 0 Å². The van der Waals surface area contributed by atoms with Crippen LogP contribution in [0.5, 0.6) is 0 Å². The number of hydrogen-bond donors (Lipinski definition) is 4. The smallest absolute Gasteiger partial charge is 0.327 e. The van der Waals surface area contributed by atoms with Crippen LogP contribution in [0.1, 0.15) is 29.9 Å². The number of imidazole rings is 1. The van der Waals surface area contributed by atoms with Crippen molar-refractivity contribution in [2.45, 2.75) is 25.4 Å². The van der Waals surface area contributed by atoms with Gasteiger partial charge in [-0.25, -0.2) is 4.98 Å². The predicted molar refractivity (Wildman–Crippen MR) is 64.4 cm³/mol. The average molecular weight is 274 g/mol. The fourth-order valence-electron chi connectivity index (χ4n) is 2.14. The number of nitrogens with zero attached hydrogens (tertiary/aromatic N) is 2. The van der Waals surface area contributed by atoms with Crippen molar-refractivity contribution < 1.29 is 19.1 Å². The Kier molecular flexibility index (Phi) is 3.18. The first-order valence-electron chi connectivity index (χ1n) is 5.46. The summed E-state index contributed by atoms with van der Waals surface area (Å²) in [5.74, 6) is -0.248. The molecule has 100 valence electrons. The fraction of sp³-hybridized carbons (Fsp3) is 0.556. The van der Waals surface area contributed by atoms with Gasteiger partial charge in [-0.1, -0.05) is 0 Å². The summed E-state index contributed by atoms with van der Waals surface area (Å²) in [6.07, 6.45) is 1.70. The number of aromatic nitrogens is 2. The number of nitrogens with two attached hydrogens (primary N) is 1. The molecular weight excluding hydrogens is 259 g/mol. The van der Waals surface area contributed by atoms with Crippen molar-refractivity contribution in [2.75, 3.05) is 11.5 Å². The van der Waals surface area contributed by atoms with Gasteiger partial charge in [0, 0.05) is 18.3 Å². The van der Waals surface area contributed by atoms with E-state index in [1.165, 1.54) is 6.20 Å². The Labute approximate surface area is 103 Å². The van der Waals surface area contributed by atoms with Crippen molar-refractivity contribution in [3.63, 3.8) is 0 Å². The van der Waals surface area contributed by atoms with Crippen LogP contribution in [-0.2, 0) is 4.57 Å². The summed E-state index contributed by atoms with van der Waals surface area (Å²) < 4.78 is 12.7. The predicted octanol–water partition coefficient (Wildman–Crippen LogP) is -0.0951. The van der Waals surface area contributed by atoms with E-state index in [-0.39, 0.29) is 17.9 Å².